The van der Waals surface area contributed by atoms with E-state index in [1.807, 2.05) is 6.92 Å². The lowest BCUT2D eigenvalue weighted by Gasteiger charge is -2.15. The van der Waals surface area contributed by atoms with Gasteiger partial charge in [0, 0.05) is 6.54 Å². The number of carbonyl (C=O) groups is 1. The number of hydrogen-bond donors (Lipinski definition) is 2. The number of amides is 1. The number of methoxy groups -OCH3 is 1. The van der Waals surface area contributed by atoms with Gasteiger partial charge in [-0.15, -0.1) is 0 Å². The molecule has 1 aromatic rings. The van der Waals surface area contributed by atoms with Gasteiger partial charge in [-0.05, 0) is 25.0 Å². The molecule has 1 unspecified atom stereocenters. The predicted octanol–water partition coefficient (Wildman–Crippen LogP) is 1.66. The number of rotatable bonds is 6. The minimum Gasteiger partial charge on any atom is -0.495 e. The monoisotopic (exact) mass is 251 g/mol. The van der Waals surface area contributed by atoms with Gasteiger partial charge in [-0.25, -0.2) is 4.98 Å². The molecule has 100 valence electrons. The van der Waals surface area contributed by atoms with Crippen LogP contribution in [0.4, 0.5) is 5.82 Å². The van der Waals surface area contributed by atoms with Crippen molar-refractivity contribution in [2.75, 3.05) is 19.0 Å². The smallest absolute Gasteiger partial charge is 0.242 e. The van der Waals surface area contributed by atoms with Crippen molar-refractivity contribution >= 4 is 11.7 Å². The zero-order valence-electron chi connectivity index (χ0n) is 11.4. The Hall–Kier alpha value is -1.78. The Kier molecular flexibility index (Phi) is 5.42. The van der Waals surface area contributed by atoms with Gasteiger partial charge < -0.3 is 15.4 Å². The zero-order chi connectivity index (χ0) is 13.5. The average Bonchev–Trinajstić information content (AvgIpc) is 2.36. The van der Waals surface area contributed by atoms with Crippen LogP contribution in [-0.2, 0) is 4.79 Å². The van der Waals surface area contributed by atoms with E-state index in [9.17, 15) is 4.79 Å². The first kappa shape index (κ1) is 14.3. The lowest BCUT2D eigenvalue weighted by Crippen LogP contribution is -2.39. The molecule has 0 fully saturated rings. The van der Waals surface area contributed by atoms with Crippen molar-refractivity contribution < 1.29 is 9.53 Å². The number of hydrogen-bond acceptors (Lipinski definition) is 4. The Bertz CT molecular complexity index is 376. The molecule has 1 heterocycles. The van der Waals surface area contributed by atoms with E-state index >= 15 is 0 Å². The summed E-state index contributed by atoms with van der Waals surface area (Å²) in [5.41, 5.74) is 0. The minimum absolute atomic E-state index is 0.0266. The summed E-state index contributed by atoms with van der Waals surface area (Å²) in [7, 11) is 1.59. The van der Waals surface area contributed by atoms with Crippen LogP contribution >= 0.6 is 0 Å². The predicted molar refractivity (Wildman–Crippen MR) is 71.7 cm³/mol. The van der Waals surface area contributed by atoms with Crippen LogP contribution < -0.4 is 15.4 Å². The Labute approximate surface area is 108 Å². The summed E-state index contributed by atoms with van der Waals surface area (Å²) in [4.78, 5) is 15.9. The first-order chi connectivity index (χ1) is 8.52. The van der Waals surface area contributed by atoms with E-state index in [0.29, 0.717) is 24.0 Å². The minimum atomic E-state index is -0.315. The van der Waals surface area contributed by atoms with E-state index in [0.717, 1.165) is 0 Å². The number of anilines is 1. The van der Waals surface area contributed by atoms with Crippen LogP contribution in [0.2, 0.25) is 0 Å². The molecule has 0 saturated carbocycles. The van der Waals surface area contributed by atoms with Crippen molar-refractivity contribution in [3.63, 3.8) is 0 Å². The van der Waals surface area contributed by atoms with Crippen molar-refractivity contribution in [1.29, 1.82) is 0 Å². The highest BCUT2D eigenvalue weighted by Crippen LogP contribution is 2.11. The van der Waals surface area contributed by atoms with Crippen molar-refractivity contribution in [1.82, 2.24) is 10.3 Å². The first-order valence-electron chi connectivity index (χ1n) is 6.07. The summed E-state index contributed by atoms with van der Waals surface area (Å²) in [5.74, 6) is 1.77. The number of aromatic nitrogens is 1. The molecule has 5 nitrogen and oxygen atoms in total. The first-order valence-corrected chi connectivity index (χ1v) is 6.07. The molecule has 0 aliphatic heterocycles. The SMILES string of the molecule is COc1ccc(NC(C)C(=O)NCC(C)C)nc1. The number of ether oxygens (including phenoxy) is 1. The summed E-state index contributed by atoms with van der Waals surface area (Å²) < 4.78 is 5.02. The van der Waals surface area contributed by atoms with Gasteiger partial charge in [0.15, 0.2) is 0 Å². The van der Waals surface area contributed by atoms with Gasteiger partial charge in [-0.2, -0.15) is 0 Å². The fraction of sp³-hybridized carbons (Fsp3) is 0.538. The van der Waals surface area contributed by atoms with Crippen LogP contribution in [0.3, 0.4) is 0 Å². The van der Waals surface area contributed by atoms with Gasteiger partial charge in [0.05, 0.1) is 13.3 Å². The molecule has 0 aliphatic rings. The second-order valence-electron chi connectivity index (χ2n) is 4.59. The summed E-state index contributed by atoms with van der Waals surface area (Å²) in [6.45, 7) is 6.61. The maximum Gasteiger partial charge on any atom is 0.242 e. The molecule has 2 N–H and O–H groups in total. The number of nitrogens with zero attached hydrogens (tertiary/aromatic N) is 1. The van der Waals surface area contributed by atoms with Crippen LogP contribution in [0.1, 0.15) is 20.8 Å². The van der Waals surface area contributed by atoms with Crippen LogP contribution in [0.25, 0.3) is 0 Å². The molecule has 1 rings (SSSR count). The maximum absolute atomic E-state index is 11.7. The van der Waals surface area contributed by atoms with Gasteiger partial charge in [0.1, 0.15) is 17.6 Å². The summed E-state index contributed by atoms with van der Waals surface area (Å²) in [5, 5.41) is 5.91. The third-order valence-electron chi connectivity index (χ3n) is 2.41. The summed E-state index contributed by atoms with van der Waals surface area (Å²) >= 11 is 0. The fourth-order valence-corrected chi connectivity index (χ4v) is 1.33. The third-order valence-corrected chi connectivity index (χ3v) is 2.41. The van der Waals surface area contributed by atoms with E-state index in [-0.39, 0.29) is 11.9 Å². The normalized spacial score (nSPS) is 12.1. The van der Waals surface area contributed by atoms with E-state index in [1.165, 1.54) is 0 Å². The molecule has 0 spiro atoms. The maximum atomic E-state index is 11.7. The molecule has 0 saturated heterocycles. The highest BCUT2D eigenvalue weighted by Gasteiger charge is 2.12. The molecule has 0 aliphatic carbocycles. The molecule has 18 heavy (non-hydrogen) atoms. The van der Waals surface area contributed by atoms with Gasteiger partial charge in [0.25, 0.3) is 0 Å². The Morgan fingerprint density at radius 1 is 1.39 bits per heavy atom. The Morgan fingerprint density at radius 3 is 2.61 bits per heavy atom. The quantitative estimate of drug-likeness (QED) is 0.807. The van der Waals surface area contributed by atoms with Crippen LogP contribution in [0.5, 0.6) is 5.75 Å². The van der Waals surface area contributed by atoms with E-state index < -0.39 is 0 Å². The largest absolute Gasteiger partial charge is 0.495 e. The van der Waals surface area contributed by atoms with Crippen molar-refractivity contribution in [2.24, 2.45) is 5.92 Å². The molecule has 5 heteroatoms. The van der Waals surface area contributed by atoms with Gasteiger partial charge >= 0.3 is 0 Å². The second kappa shape index (κ2) is 6.83. The fourth-order valence-electron chi connectivity index (χ4n) is 1.33. The van der Waals surface area contributed by atoms with Gasteiger partial charge in [0.2, 0.25) is 5.91 Å². The van der Waals surface area contributed by atoms with E-state index in [4.69, 9.17) is 4.74 Å². The van der Waals surface area contributed by atoms with Crippen LogP contribution in [-0.4, -0.2) is 30.6 Å². The summed E-state index contributed by atoms with van der Waals surface area (Å²) in [6, 6.07) is 3.27. The lowest BCUT2D eigenvalue weighted by molar-refractivity contribution is -0.121. The average molecular weight is 251 g/mol. The van der Waals surface area contributed by atoms with Crippen molar-refractivity contribution in [3.05, 3.63) is 18.3 Å². The molecule has 1 amide bonds. The van der Waals surface area contributed by atoms with E-state index in [1.54, 1.807) is 25.4 Å². The van der Waals surface area contributed by atoms with Crippen molar-refractivity contribution in [3.8, 4) is 5.75 Å². The van der Waals surface area contributed by atoms with Gasteiger partial charge in [-0.3, -0.25) is 4.79 Å². The number of nitrogens with one attached hydrogen (secondary N) is 2. The second-order valence-corrected chi connectivity index (χ2v) is 4.59. The molecule has 1 atom stereocenters. The third kappa shape index (κ3) is 4.61. The number of pyridine rings is 1. The highest BCUT2D eigenvalue weighted by atomic mass is 16.5. The van der Waals surface area contributed by atoms with Crippen molar-refractivity contribution in [2.45, 2.75) is 26.8 Å². The molecular formula is C13H21N3O2. The Balaban J connectivity index is 2.47. The molecule has 0 radical (unpaired) electrons. The Morgan fingerprint density at radius 2 is 2.11 bits per heavy atom. The summed E-state index contributed by atoms with van der Waals surface area (Å²) in [6.07, 6.45) is 1.61. The number of carbonyl (C=O) groups excluding carboxylic acids is 1. The molecule has 0 bridgehead atoms. The lowest BCUT2D eigenvalue weighted by atomic mass is 10.2. The zero-order valence-corrected chi connectivity index (χ0v) is 11.4. The van der Waals surface area contributed by atoms with Crippen LogP contribution in [0, 0.1) is 5.92 Å². The molecule has 1 aromatic heterocycles. The van der Waals surface area contributed by atoms with Gasteiger partial charge in [-0.1, -0.05) is 13.8 Å². The standard InChI is InChI=1S/C13H21N3O2/c1-9(2)7-15-13(17)10(3)16-12-6-5-11(18-4)8-14-12/h5-6,8-10H,7H2,1-4H3,(H,14,16)(H,15,17). The molecular weight excluding hydrogens is 230 g/mol. The highest BCUT2D eigenvalue weighted by molar-refractivity contribution is 5.83. The topological polar surface area (TPSA) is 63.2 Å². The van der Waals surface area contributed by atoms with Crippen LogP contribution in [0.15, 0.2) is 18.3 Å². The molecule has 0 aromatic carbocycles. The van der Waals surface area contributed by atoms with E-state index in [2.05, 4.69) is 29.5 Å².